The smallest absolute Gasteiger partial charge is 0.360 e. The van der Waals surface area contributed by atoms with E-state index in [1.165, 1.54) is 17.4 Å². The van der Waals surface area contributed by atoms with E-state index in [-0.39, 0.29) is 11.6 Å². The van der Waals surface area contributed by atoms with E-state index in [1.807, 2.05) is 0 Å². The molecule has 3 aromatic rings. The third-order valence-electron chi connectivity index (χ3n) is 2.76. The second-order valence-electron chi connectivity index (χ2n) is 4.17. The van der Waals surface area contributed by atoms with E-state index >= 15 is 0 Å². The molecule has 0 spiro atoms. The minimum atomic E-state index is -0.596. The first kappa shape index (κ1) is 13.3. The second kappa shape index (κ2) is 5.72. The molecule has 21 heavy (non-hydrogen) atoms. The van der Waals surface area contributed by atoms with Gasteiger partial charge >= 0.3 is 5.63 Å². The first-order valence-electron chi connectivity index (χ1n) is 6.13. The molecule has 3 aromatic heterocycles. The van der Waals surface area contributed by atoms with Crippen LogP contribution in [0, 0.1) is 0 Å². The molecular formula is C15H10N2O3S. The van der Waals surface area contributed by atoms with Gasteiger partial charge in [0.15, 0.2) is 0 Å². The van der Waals surface area contributed by atoms with Gasteiger partial charge in [-0.3, -0.25) is 9.78 Å². The summed E-state index contributed by atoms with van der Waals surface area (Å²) in [4.78, 5) is 28.3. The zero-order chi connectivity index (χ0) is 14.7. The van der Waals surface area contributed by atoms with E-state index in [9.17, 15) is 9.59 Å². The van der Waals surface area contributed by atoms with E-state index in [0.29, 0.717) is 16.2 Å². The van der Waals surface area contributed by atoms with Crippen molar-refractivity contribution in [3.05, 3.63) is 69.5 Å². The number of hydrogen-bond acceptors (Lipinski definition) is 5. The number of nitrogens with one attached hydrogen (secondary N) is 1. The highest BCUT2D eigenvalue weighted by atomic mass is 32.1. The summed E-state index contributed by atoms with van der Waals surface area (Å²) in [6.07, 6.45) is 3.24. The van der Waals surface area contributed by atoms with Crippen LogP contribution in [0.25, 0.3) is 11.3 Å². The van der Waals surface area contributed by atoms with Gasteiger partial charge in [0.1, 0.15) is 11.4 Å². The Morgan fingerprint density at radius 3 is 2.76 bits per heavy atom. The Bertz CT molecular complexity index is 810. The molecule has 0 aliphatic heterocycles. The van der Waals surface area contributed by atoms with Gasteiger partial charge in [0.2, 0.25) is 0 Å². The van der Waals surface area contributed by atoms with Gasteiger partial charge < -0.3 is 9.73 Å². The van der Waals surface area contributed by atoms with Crippen molar-refractivity contribution in [3.8, 4) is 11.3 Å². The number of rotatable bonds is 3. The monoisotopic (exact) mass is 298 g/mol. The van der Waals surface area contributed by atoms with Crippen LogP contribution in [0.5, 0.6) is 0 Å². The number of carbonyl (C=O) groups is 1. The molecule has 0 aromatic carbocycles. The summed E-state index contributed by atoms with van der Waals surface area (Å²) in [6.45, 7) is 0. The Morgan fingerprint density at radius 1 is 1.19 bits per heavy atom. The first-order chi connectivity index (χ1) is 10.2. The minimum Gasteiger partial charge on any atom is -0.421 e. The topological polar surface area (TPSA) is 72.2 Å². The fraction of sp³-hybridized carbons (Fsp3) is 0. The molecule has 0 bridgehead atoms. The number of anilines is 1. The molecule has 0 aliphatic rings. The average molecular weight is 298 g/mol. The molecule has 5 nitrogen and oxygen atoms in total. The van der Waals surface area contributed by atoms with Gasteiger partial charge in [0.05, 0.1) is 4.88 Å². The maximum absolute atomic E-state index is 11.9. The highest BCUT2D eigenvalue weighted by Crippen LogP contribution is 2.18. The lowest BCUT2D eigenvalue weighted by atomic mass is 10.2. The standard InChI is InChI=1S/C15H10N2O3S/c18-14(13-4-2-8-21-13)17-11-5-6-12(20-15(11)19)10-3-1-7-16-9-10/h1-9H,(H,17,18). The van der Waals surface area contributed by atoms with Gasteiger partial charge in [0.25, 0.3) is 5.91 Å². The van der Waals surface area contributed by atoms with Crippen LogP contribution in [0.2, 0.25) is 0 Å². The van der Waals surface area contributed by atoms with Crippen molar-refractivity contribution >= 4 is 22.9 Å². The second-order valence-corrected chi connectivity index (χ2v) is 5.12. The molecule has 0 fully saturated rings. The van der Waals surface area contributed by atoms with E-state index in [1.54, 1.807) is 48.1 Å². The van der Waals surface area contributed by atoms with Crippen LogP contribution in [0.1, 0.15) is 9.67 Å². The van der Waals surface area contributed by atoms with Crippen LogP contribution >= 0.6 is 11.3 Å². The average Bonchev–Trinajstić information content (AvgIpc) is 3.04. The first-order valence-corrected chi connectivity index (χ1v) is 7.01. The van der Waals surface area contributed by atoms with Crippen LogP contribution in [-0.2, 0) is 0 Å². The van der Waals surface area contributed by atoms with Crippen LogP contribution in [-0.4, -0.2) is 10.9 Å². The number of carbonyl (C=O) groups excluding carboxylic acids is 1. The maximum Gasteiger partial charge on any atom is 0.360 e. The molecule has 0 radical (unpaired) electrons. The van der Waals surface area contributed by atoms with Crippen molar-refractivity contribution in [2.75, 3.05) is 5.32 Å². The van der Waals surface area contributed by atoms with Gasteiger partial charge in [-0.2, -0.15) is 0 Å². The molecule has 104 valence electrons. The number of amides is 1. The molecule has 0 atom stereocenters. The van der Waals surface area contributed by atoms with Crippen molar-refractivity contribution in [3.63, 3.8) is 0 Å². The Kier molecular flexibility index (Phi) is 3.61. The van der Waals surface area contributed by atoms with Gasteiger partial charge in [-0.05, 0) is 35.7 Å². The Labute approximate surface area is 123 Å². The van der Waals surface area contributed by atoms with Crippen LogP contribution in [0.3, 0.4) is 0 Å². The summed E-state index contributed by atoms with van der Waals surface area (Å²) in [5.41, 5.74) is 0.216. The fourth-order valence-electron chi connectivity index (χ4n) is 1.76. The van der Waals surface area contributed by atoms with Crippen LogP contribution < -0.4 is 10.9 Å². The highest BCUT2D eigenvalue weighted by Gasteiger charge is 2.11. The lowest BCUT2D eigenvalue weighted by Gasteiger charge is -2.03. The molecular weight excluding hydrogens is 288 g/mol. The zero-order valence-electron chi connectivity index (χ0n) is 10.8. The SMILES string of the molecule is O=C(Nc1ccc(-c2cccnc2)oc1=O)c1cccs1. The Hall–Kier alpha value is -2.73. The maximum atomic E-state index is 11.9. The largest absolute Gasteiger partial charge is 0.421 e. The van der Waals surface area contributed by atoms with Crippen molar-refractivity contribution in [1.29, 1.82) is 0 Å². The predicted molar refractivity (Wildman–Crippen MR) is 80.5 cm³/mol. The number of nitrogens with zero attached hydrogens (tertiary/aromatic N) is 1. The van der Waals surface area contributed by atoms with Gasteiger partial charge in [-0.15, -0.1) is 11.3 Å². The van der Waals surface area contributed by atoms with Crippen molar-refractivity contribution in [1.82, 2.24) is 4.98 Å². The number of aromatic nitrogens is 1. The number of pyridine rings is 1. The third kappa shape index (κ3) is 2.90. The van der Waals surface area contributed by atoms with Crippen LogP contribution in [0.15, 0.2) is 63.4 Å². The quantitative estimate of drug-likeness (QED) is 0.806. The normalized spacial score (nSPS) is 10.3. The molecule has 3 heterocycles. The highest BCUT2D eigenvalue weighted by molar-refractivity contribution is 7.12. The summed E-state index contributed by atoms with van der Waals surface area (Å²) in [5, 5.41) is 4.34. The van der Waals surface area contributed by atoms with E-state index in [0.717, 1.165) is 0 Å². The molecule has 1 amide bonds. The molecule has 6 heteroatoms. The van der Waals surface area contributed by atoms with Crippen molar-refractivity contribution in [2.45, 2.75) is 0 Å². The zero-order valence-corrected chi connectivity index (χ0v) is 11.6. The molecule has 0 saturated carbocycles. The molecule has 0 saturated heterocycles. The van der Waals surface area contributed by atoms with Crippen molar-refractivity contribution in [2.24, 2.45) is 0 Å². The summed E-state index contributed by atoms with van der Waals surface area (Å²) < 4.78 is 5.21. The predicted octanol–water partition coefficient (Wildman–Crippen LogP) is 3.02. The number of thiophene rings is 1. The fourth-order valence-corrected chi connectivity index (χ4v) is 2.38. The molecule has 3 rings (SSSR count). The lowest BCUT2D eigenvalue weighted by Crippen LogP contribution is -2.16. The lowest BCUT2D eigenvalue weighted by molar-refractivity contribution is 0.103. The van der Waals surface area contributed by atoms with Crippen molar-refractivity contribution < 1.29 is 9.21 Å². The Balaban J connectivity index is 1.86. The summed E-state index contributed by atoms with van der Waals surface area (Å²) in [6, 6.07) is 10.2. The molecule has 0 unspecified atom stereocenters. The summed E-state index contributed by atoms with van der Waals surface area (Å²) in [5.74, 6) is 0.0775. The van der Waals surface area contributed by atoms with Gasteiger partial charge in [-0.25, -0.2) is 4.79 Å². The third-order valence-corrected chi connectivity index (χ3v) is 3.63. The van der Waals surface area contributed by atoms with E-state index in [4.69, 9.17) is 4.42 Å². The summed E-state index contributed by atoms with van der Waals surface area (Å²) >= 11 is 1.30. The van der Waals surface area contributed by atoms with Gasteiger partial charge in [0, 0.05) is 18.0 Å². The molecule has 0 aliphatic carbocycles. The number of hydrogen-bond donors (Lipinski definition) is 1. The van der Waals surface area contributed by atoms with Crippen LogP contribution in [0.4, 0.5) is 5.69 Å². The van der Waals surface area contributed by atoms with E-state index in [2.05, 4.69) is 10.3 Å². The minimum absolute atomic E-state index is 0.112. The molecule has 1 N–H and O–H groups in total. The summed E-state index contributed by atoms with van der Waals surface area (Å²) in [7, 11) is 0. The Morgan fingerprint density at radius 2 is 2.10 bits per heavy atom. The van der Waals surface area contributed by atoms with Gasteiger partial charge in [-0.1, -0.05) is 6.07 Å². The van der Waals surface area contributed by atoms with E-state index < -0.39 is 5.63 Å².